The summed E-state index contributed by atoms with van der Waals surface area (Å²) in [6, 6.07) is -0.167. The summed E-state index contributed by atoms with van der Waals surface area (Å²) in [7, 11) is 1.73. The number of nitrogens with zero attached hydrogens (tertiary/aromatic N) is 2. The minimum Gasteiger partial charge on any atom is -0.444 e. The maximum Gasteiger partial charge on any atom is 0.410 e. The molecule has 2 heterocycles. The van der Waals surface area contributed by atoms with Gasteiger partial charge in [-0.1, -0.05) is 19.1 Å². The third-order valence-corrected chi connectivity index (χ3v) is 4.57. The smallest absolute Gasteiger partial charge is 0.410 e. The molecule has 2 rings (SSSR count). The molecule has 1 saturated heterocycles. The Balaban J connectivity index is 2.22. The minimum absolute atomic E-state index is 0.167. The van der Waals surface area contributed by atoms with E-state index in [9.17, 15) is 9.59 Å². The van der Waals surface area contributed by atoms with E-state index in [0.717, 1.165) is 12.0 Å². The summed E-state index contributed by atoms with van der Waals surface area (Å²) < 4.78 is 7.04. The SMILES string of the molecule is C=C(CC)CC(=N)c1[nH]c(=O)n([C@@H]2CCN(C(=O)OC(C)(C)C)C2)c1NC. The zero-order valence-corrected chi connectivity index (χ0v) is 16.9. The number of hydrogen-bond donors (Lipinski definition) is 3. The van der Waals surface area contributed by atoms with Crippen LogP contribution in [0.1, 0.15) is 58.7 Å². The molecular formula is C19H31N5O3. The second kappa shape index (κ2) is 8.02. The fraction of sp³-hybridized carbons (Fsp3) is 0.632. The molecule has 1 aliphatic heterocycles. The molecule has 1 fully saturated rings. The second-order valence-corrected chi connectivity index (χ2v) is 7.90. The quantitative estimate of drug-likeness (QED) is 0.523. The Kier molecular flexibility index (Phi) is 6.18. The van der Waals surface area contributed by atoms with E-state index in [4.69, 9.17) is 10.1 Å². The Bertz CT molecular complexity index is 784. The third kappa shape index (κ3) is 4.81. The average molecular weight is 377 g/mol. The van der Waals surface area contributed by atoms with E-state index >= 15 is 0 Å². The highest BCUT2D eigenvalue weighted by atomic mass is 16.6. The van der Waals surface area contributed by atoms with Crippen LogP contribution in [0.5, 0.6) is 0 Å². The van der Waals surface area contributed by atoms with E-state index in [0.29, 0.717) is 43.2 Å². The maximum absolute atomic E-state index is 12.6. The molecule has 1 atom stereocenters. The zero-order valence-electron chi connectivity index (χ0n) is 16.9. The van der Waals surface area contributed by atoms with Crippen LogP contribution in [0.25, 0.3) is 0 Å². The van der Waals surface area contributed by atoms with Crippen molar-refractivity contribution in [1.82, 2.24) is 14.5 Å². The summed E-state index contributed by atoms with van der Waals surface area (Å²) in [5.74, 6) is 0.574. The highest BCUT2D eigenvalue weighted by Gasteiger charge is 2.33. The fourth-order valence-corrected chi connectivity index (χ4v) is 3.17. The summed E-state index contributed by atoms with van der Waals surface area (Å²) in [5.41, 5.74) is 0.905. The second-order valence-electron chi connectivity index (χ2n) is 7.90. The molecule has 1 aromatic rings. The zero-order chi connectivity index (χ0) is 20.4. The van der Waals surface area contributed by atoms with Crippen LogP contribution < -0.4 is 11.0 Å². The molecule has 1 aromatic heterocycles. The monoisotopic (exact) mass is 377 g/mol. The fourth-order valence-electron chi connectivity index (χ4n) is 3.17. The molecule has 27 heavy (non-hydrogen) atoms. The number of H-pyrrole nitrogens is 1. The van der Waals surface area contributed by atoms with E-state index in [1.54, 1.807) is 16.5 Å². The van der Waals surface area contributed by atoms with Crippen LogP contribution in [-0.4, -0.2) is 52.0 Å². The molecule has 0 unspecified atom stereocenters. The van der Waals surface area contributed by atoms with Crippen LogP contribution in [0.15, 0.2) is 16.9 Å². The lowest BCUT2D eigenvalue weighted by molar-refractivity contribution is 0.0289. The maximum atomic E-state index is 12.6. The summed E-state index contributed by atoms with van der Waals surface area (Å²) in [6.45, 7) is 12.3. The predicted octanol–water partition coefficient (Wildman–Crippen LogP) is 3.12. The van der Waals surface area contributed by atoms with Crippen molar-refractivity contribution >= 4 is 17.6 Å². The normalized spacial score (nSPS) is 17.1. The molecule has 0 radical (unpaired) electrons. The molecule has 8 nitrogen and oxygen atoms in total. The Hall–Kier alpha value is -2.51. The molecule has 0 aliphatic carbocycles. The highest BCUT2D eigenvalue weighted by molar-refractivity contribution is 6.01. The number of aromatic amines is 1. The predicted molar refractivity (Wildman–Crippen MR) is 107 cm³/mol. The van der Waals surface area contributed by atoms with E-state index in [2.05, 4.69) is 16.9 Å². The van der Waals surface area contributed by atoms with Gasteiger partial charge in [0.2, 0.25) is 0 Å². The number of carbonyl (C=O) groups excluding carboxylic acids is 1. The molecule has 3 N–H and O–H groups in total. The molecule has 0 bridgehead atoms. The van der Waals surface area contributed by atoms with E-state index in [1.165, 1.54) is 0 Å². The number of imidazole rings is 1. The molecule has 1 aliphatic rings. The largest absolute Gasteiger partial charge is 0.444 e. The van der Waals surface area contributed by atoms with Crippen molar-refractivity contribution in [1.29, 1.82) is 5.41 Å². The first kappa shape index (κ1) is 20.8. The lowest BCUT2D eigenvalue weighted by atomic mass is 10.1. The van der Waals surface area contributed by atoms with Gasteiger partial charge in [0, 0.05) is 26.6 Å². The summed E-state index contributed by atoms with van der Waals surface area (Å²) in [6.07, 6.45) is 1.49. The van der Waals surface area contributed by atoms with Gasteiger partial charge in [-0.2, -0.15) is 0 Å². The van der Waals surface area contributed by atoms with Crippen LogP contribution in [-0.2, 0) is 4.74 Å². The molecule has 150 valence electrons. The van der Waals surface area contributed by atoms with Gasteiger partial charge in [-0.05, 0) is 33.6 Å². The van der Waals surface area contributed by atoms with Crippen LogP contribution in [0, 0.1) is 5.41 Å². The van der Waals surface area contributed by atoms with Gasteiger partial charge < -0.3 is 25.3 Å². The Morgan fingerprint density at radius 2 is 2.11 bits per heavy atom. The third-order valence-electron chi connectivity index (χ3n) is 4.57. The van der Waals surface area contributed by atoms with Gasteiger partial charge in [-0.3, -0.25) is 4.57 Å². The topological polar surface area (TPSA) is 103 Å². The van der Waals surface area contributed by atoms with Crippen LogP contribution >= 0.6 is 0 Å². The summed E-state index contributed by atoms with van der Waals surface area (Å²) in [5, 5.41) is 11.4. The van der Waals surface area contributed by atoms with E-state index in [-0.39, 0.29) is 17.8 Å². The first-order valence-corrected chi connectivity index (χ1v) is 9.32. The number of hydrogen-bond acceptors (Lipinski definition) is 5. The number of anilines is 1. The lowest BCUT2D eigenvalue weighted by Gasteiger charge is -2.24. The minimum atomic E-state index is -0.555. The summed E-state index contributed by atoms with van der Waals surface area (Å²) >= 11 is 0. The number of carbonyl (C=O) groups is 1. The van der Waals surface area contributed by atoms with E-state index < -0.39 is 5.60 Å². The molecule has 0 spiro atoms. The summed E-state index contributed by atoms with van der Waals surface area (Å²) in [4.78, 5) is 29.3. The first-order valence-electron chi connectivity index (χ1n) is 9.32. The van der Waals surface area contributed by atoms with Gasteiger partial charge in [0.1, 0.15) is 17.1 Å². The van der Waals surface area contributed by atoms with E-state index in [1.807, 2.05) is 27.7 Å². The van der Waals surface area contributed by atoms with Crippen molar-refractivity contribution in [3.8, 4) is 0 Å². The van der Waals surface area contributed by atoms with Crippen LogP contribution in [0.3, 0.4) is 0 Å². The van der Waals surface area contributed by atoms with Gasteiger partial charge in [-0.15, -0.1) is 0 Å². The van der Waals surface area contributed by atoms with Crippen LogP contribution in [0.2, 0.25) is 0 Å². The van der Waals surface area contributed by atoms with Crippen molar-refractivity contribution in [2.24, 2.45) is 0 Å². The van der Waals surface area contributed by atoms with Gasteiger partial charge in [0.25, 0.3) is 0 Å². The molecule has 0 aromatic carbocycles. The average Bonchev–Trinajstić information content (AvgIpc) is 3.16. The number of aromatic nitrogens is 2. The molecule has 0 saturated carbocycles. The number of likely N-dealkylation sites (tertiary alicyclic amines) is 1. The lowest BCUT2D eigenvalue weighted by Crippen LogP contribution is -2.36. The Labute approximate surface area is 160 Å². The molecule has 1 amide bonds. The van der Waals surface area contributed by atoms with Gasteiger partial charge in [0.15, 0.2) is 0 Å². The number of ether oxygens (including phenoxy) is 1. The number of allylic oxidation sites excluding steroid dienone is 1. The van der Waals surface area contributed by atoms with Crippen molar-refractivity contribution in [3.05, 3.63) is 28.3 Å². The standard InChI is InChI=1S/C19H31N5O3/c1-7-12(2)10-14(20)15-16(21-6)24(17(25)22-15)13-8-9-23(11-13)18(26)27-19(3,4)5/h13,20-21H,2,7-11H2,1,3-6H3,(H,22,25)/t13-/m1/s1. The first-order chi connectivity index (χ1) is 12.6. The van der Waals surface area contributed by atoms with Crippen molar-refractivity contribution < 1.29 is 9.53 Å². The van der Waals surface area contributed by atoms with Gasteiger partial charge in [0.05, 0.1) is 11.8 Å². The van der Waals surface area contributed by atoms with Crippen LogP contribution in [0.4, 0.5) is 10.6 Å². The molecule has 8 heteroatoms. The Morgan fingerprint density at radius 1 is 1.44 bits per heavy atom. The van der Waals surface area contributed by atoms with Crippen molar-refractivity contribution in [2.75, 3.05) is 25.5 Å². The number of amides is 1. The van der Waals surface area contributed by atoms with Crippen molar-refractivity contribution in [2.45, 2.75) is 58.6 Å². The van der Waals surface area contributed by atoms with Gasteiger partial charge in [-0.25, -0.2) is 9.59 Å². The highest BCUT2D eigenvalue weighted by Crippen LogP contribution is 2.27. The Morgan fingerprint density at radius 3 is 2.67 bits per heavy atom. The number of nitrogens with one attached hydrogen (secondary N) is 3. The van der Waals surface area contributed by atoms with Gasteiger partial charge >= 0.3 is 11.8 Å². The molecular weight excluding hydrogens is 346 g/mol. The number of rotatable bonds is 6. The van der Waals surface area contributed by atoms with Crippen molar-refractivity contribution in [3.63, 3.8) is 0 Å².